The smallest absolute Gasteiger partial charge is 0.328 e. The minimum atomic E-state index is -0.551. The molecule has 0 radical (unpaired) electrons. The molecule has 4 nitrogen and oxygen atoms in total. The van der Waals surface area contributed by atoms with Gasteiger partial charge in [-0.3, -0.25) is 4.79 Å². The van der Waals surface area contributed by atoms with Gasteiger partial charge >= 0.3 is 5.97 Å². The van der Waals surface area contributed by atoms with Gasteiger partial charge in [0, 0.05) is 5.56 Å². The van der Waals surface area contributed by atoms with Gasteiger partial charge in [0.2, 0.25) is 0 Å². The van der Waals surface area contributed by atoms with Crippen LogP contribution in [0.4, 0.5) is 0 Å². The zero-order chi connectivity index (χ0) is 17.7. The van der Waals surface area contributed by atoms with E-state index >= 15 is 0 Å². The molecule has 1 saturated carbocycles. The van der Waals surface area contributed by atoms with Gasteiger partial charge in [-0.2, -0.15) is 0 Å². The molecule has 0 aromatic heterocycles. The highest BCUT2D eigenvalue weighted by Crippen LogP contribution is 2.27. The first-order valence-corrected chi connectivity index (χ1v) is 8.82. The summed E-state index contributed by atoms with van der Waals surface area (Å²) in [5.41, 5.74) is 1.80. The highest BCUT2D eigenvalue weighted by atomic mass is 16.5. The monoisotopic (exact) mass is 331 g/mol. The number of amides is 1. The molecule has 1 aliphatic rings. The minimum Gasteiger partial charge on any atom is -0.467 e. The van der Waals surface area contributed by atoms with Crippen LogP contribution in [0, 0.1) is 5.92 Å². The van der Waals surface area contributed by atoms with Gasteiger partial charge in [-0.05, 0) is 41.9 Å². The fraction of sp³-hybridized carbons (Fsp3) is 0.600. The number of carbonyl (C=O) groups is 2. The largest absolute Gasteiger partial charge is 0.467 e. The molecule has 1 N–H and O–H groups in total. The number of methoxy groups -OCH3 is 1. The average Bonchev–Trinajstić information content (AvgIpc) is 2.59. The van der Waals surface area contributed by atoms with Crippen LogP contribution in [0.1, 0.15) is 68.8 Å². The Morgan fingerprint density at radius 1 is 1.08 bits per heavy atom. The van der Waals surface area contributed by atoms with E-state index in [1.165, 1.54) is 19.1 Å². The summed E-state index contributed by atoms with van der Waals surface area (Å²) in [7, 11) is 1.38. The van der Waals surface area contributed by atoms with Gasteiger partial charge in [-0.1, -0.05) is 52.2 Å². The van der Waals surface area contributed by atoms with Crippen LogP contribution in [0.25, 0.3) is 0 Å². The second-order valence-corrected chi connectivity index (χ2v) is 7.70. The maximum absolute atomic E-state index is 12.6. The Balaban J connectivity index is 2.10. The van der Waals surface area contributed by atoms with Crippen LogP contribution in [0.2, 0.25) is 0 Å². The third kappa shape index (κ3) is 4.59. The van der Waals surface area contributed by atoms with Gasteiger partial charge in [0.15, 0.2) is 0 Å². The molecule has 2 rings (SSSR count). The van der Waals surface area contributed by atoms with Crippen LogP contribution in [-0.4, -0.2) is 25.0 Å². The highest BCUT2D eigenvalue weighted by molar-refractivity contribution is 5.96. The van der Waals surface area contributed by atoms with Gasteiger partial charge in [-0.15, -0.1) is 0 Å². The fourth-order valence-corrected chi connectivity index (χ4v) is 3.31. The number of benzene rings is 1. The summed E-state index contributed by atoms with van der Waals surface area (Å²) in [6, 6.07) is 7.05. The Morgan fingerprint density at radius 3 is 2.17 bits per heavy atom. The summed E-state index contributed by atoms with van der Waals surface area (Å²) in [4.78, 5) is 24.7. The molecule has 24 heavy (non-hydrogen) atoms. The first-order valence-electron chi connectivity index (χ1n) is 8.82. The molecule has 1 amide bonds. The van der Waals surface area contributed by atoms with Crippen molar-refractivity contribution in [2.45, 2.75) is 64.3 Å². The molecule has 0 bridgehead atoms. The number of ether oxygens (including phenoxy) is 1. The van der Waals surface area contributed by atoms with Gasteiger partial charge in [0.05, 0.1) is 7.11 Å². The Kier molecular flexibility index (Phi) is 6.03. The summed E-state index contributed by atoms with van der Waals surface area (Å²) in [6.45, 7) is 6.41. The summed E-state index contributed by atoms with van der Waals surface area (Å²) < 4.78 is 4.91. The lowest BCUT2D eigenvalue weighted by molar-refractivity contribution is -0.144. The molecule has 4 heteroatoms. The predicted octanol–water partition coefficient (Wildman–Crippen LogP) is 3.84. The number of hydrogen-bond acceptors (Lipinski definition) is 3. The Labute approximate surface area is 145 Å². The van der Waals surface area contributed by atoms with Crippen LogP contribution in [-0.2, 0) is 14.9 Å². The van der Waals surface area contributed by atoms with E-state index in [2.05, 4.69) is 26.1 Å². The Morgan fingerprint density at radius 2 is 1.67 bits per heavy atom. The van der Waals surface area contributed by atoms with Crippen LogP contribution in [0.5, 0.6) is 0 Å². The van der Waals surface area contributed by atoms with Crippen molar-refractivity contribution in [3.8, 4) is 0 Å². The van der Waals surface area contributed by atoms with Crippen molar-refractivity contribution in [2.24, 2.45) is 5.92 Å². The van der Waals surface area contributed by atoms with Crippen molar-refractivity contribution >= 4 is 11.9 Å². The lowest BCUT2D eigenvalue weighted by atomic mass is 9.83. The summed E-state index contributed by atoms with van der Waals surface area (Å²) in [6.07, 6.45) is 5.33. The molecule has 1 atom stereocenters. The van der Waals surface area contributed by atoms with Gasteiger partial charge in [-0.25, -0.2) is 4.79 Å². The molecule has 0 spiro atoms. The van der Waals surface area contributed by atoms with E-state index in [1.807, 2.05) is 24.3 Å². The minimum absolute atomic E-state index is 0.0473. The molecule has 1 aliphatic carbocycles. The zero-order valence-electron chi connectivity index (χ0n) is 15.2. The molecule has 0 saturated heterocycles. The molecular weight excluding hydrogens is 302 g/mol. The molecule has 1 aromatic carbocycles. The van der Waals surface area contributed by atoms with E-state index in [0.717, 1.165) is 25.7 Å². The normalized spacial score (nSPS) is 17.2. The number of nitrogens with one attached hydrogen (secondary N) is 1. The lowest BCUT2D eigenvalue weighted by Crippen LogP contribution is -2.47. The standard InChI is InChI=1S/C20H29NO3/c1-20(2,3)16-12-10-15(11-13-16)18(22)21-17(19(23)24-4)14-8-6-5-7-9-14/h10-14,17H,5-9H2,1-4H3,(H,21,22)/t17-/m0/s1. The van der Waals surface area contributed by atoms with Crippen LogP contribution in [0.3, 0.4) is 0 Å². The van der Waals surface area contributed by atoms with E-state index in [4.69, 9.17) is 4.74 Å². The predicted molar refractivity (Wildman–Crippen MR) is 95.0 cm³/mol. The quantitative estimate of drug-likeness (QED) is 0.853. The molecule has 0 heterocycles. The SMILES string of the molecule is COC(=O)[C@@H](NC(=O)c1ccc(C(C)(C)C)cc1)C1CCCCC1. The second kappa shape index (κ2) is 7.82. The number of esters is 1. The van der Waals surface area contributed by atoms with Gasteiger partial charge < -0.3 is 10.1 Å². The number of hydrogen-bond donors (Lipinski definition) is 1. The topological polar surface area (TPSA) is 55.4 Å². The van der Waals surface area contributed by atoms with Crippen molar-refractivity contribution in [1.82, 2.24) is 5.32 Å². The Hall–Kier alpha value is -1.84. The van der Waals surface area contributed by atoms with Gasteiger partial charge in [0.25, 0.3) is 5.91 Å². The first-order chi connectivity index (χ1) is 11.3. The molecule has 0 aliphatic heterocycles. The van der Waals surface area contributed by atoms with Gasteiger partial charge in [0.1, 0.15) is 6.04 Å². The van der Waals surface area contributed by atoms with Crippen molar-refractivity contribution in [3.05, 3.63) is 35.4 Å². The molecule has 1 aromatic rings. The zero-order valence-corrected chi connectivity index (χ0v) is 15.2. The van der Waals surface area contributed by atoms with E-state index in [0.29, 0.717) is 5.56 Å². The van der Waals surface area contributed by atoms with Crippen molar-refractivity contribution < 1.29 is 14.3 Å². The van der Waals surface area contributed by atoms with Crippen LogP contribution < -0.4 is 5.32 Å². The third-order valence-electron chi connectivity index (χ3n) is 4.88. The van der Waals surface area contributed by atoms with E-state index in [-0.39, 0.29) is 23.2 Å². The third-order valence-corrected chi connectivity index (χ3v) is 4.88. The van der Waals surface area contributed by atoms with E-state index in [9.17, 15) is 9.59 Å². The fourth-order valence-electron chi connectivity index (χ4n) is 3.31. The first kappa shape index (κ1) is 18.5. The highest BCUT2D eigenvalue weighted by Gasteiger charge is 2.32. The number of carbonyl (C=O) groups excluding carboxylic acids is 2. The second-order valence-electron chi connectivity index (χ2n) is 7.70. The maximum Gasteiger partial charge on any atom is 0.328 e. The maximum atomic E-state index is 12.6. The summed E-state index contributed by atoms with van der Waals surface area (Å²) in [5, 5.41) is 2.90. The van der Waals surface area contributed by atoms with E-state index < -0.39 is 6.04 Å². The summed E-state index contributed by atoms with van der Waals surface area (Å²) >= 11 is 0. The Bertz CT molecular complexity index is 566. The van der Waals surface area contributed by atoms with Crippen molar-refractivity contribution in [1.29, 1.82) is 0 Å². The molecular formula is C20H29NO3. The van der Waals surface area contributed by atoms with Crippen LogP contribution in [0.15, 0.2) is 24.3 Å². The lowest BCUT2D eigenvalue weighted by Gasteiger charge is -2.29. The van der Waals surface area contributed by atoms with Crippen molar-refractivity contribution in [3.63, 3.8) is 0 Å². The van der Waals surface area contributed by atoms with Crippen molar-refractivity contribution in [2.75, 3.05) is 7.11 Å². The molecule has 132 valence electrons. The average molecular weight is 331 g/mol. The summed E-state index contributed by atoms with van der Waals surface area (Å²) in [5.74, 6) is -0.387. The van der Waals surface area contributed by atoms with Crippen LogP contribution >= 0.6 is 0 Å². The number of rotatable bonds is 4. The molecule has 1 fully saturated rings. The van der Waals surface area contributed by atoms with E-state index in [1.54, 1.807) is 0 Å². The molecule has 0 unspecified atom stereocenters.